The van der Waals surface area contributed by atoms with E-state index in [2.05, 4.69) is 51.0 Å². The molecule has 0 unspecified atom stereocenters. The summed E-state index contributed by atoms with van der Waals surface area (Å²) in [4.78, 5) is 0. The molecule has 0 heterocycles. The van der Waals surface area contributed by atoms with Crippen molar-refractivity contribution in [3.8, 4) is 12.3 Å². The number of hydrogen-bond acceptors (Lipinski definition) is 0. The van der Waals surface area contributed by atoms with Crippen LogP contribution in [0, 0.1) is 12.3 Å². The Bertz CT molecular complexity index is 334. The lowest BCUT2D eigenvalue weighted by Gasteiger charge is -2.19. The van der Waals surface area contributed by atoms with Crippen molar-refractivity contribution in [2.45, 2.75) is 39.0 Å². The molecule has 1 rings (SSSR count). The third kappa shape index (κ3) is 2.92. The first-order valence-electron chi connectivity index (χ1n) is 5.07. The van der Waals surface area contributed by atoms with Gasteiger partial charge in [0.25, 0.3) is 0 Å². The van der Waals surface area contributed by atoms with Gasteiger partial charge in [-0.3, -0.25) is 0 Å². The summed E-state index contributed by atoms with van der Waals surface area (Å²) in [6, 6.07) is 8.70. The summed E-state index contributed by atoms with van der Waals surface area (Å²) < 4.78 is 0. The topological polar surface area (TPSA) is 0 Å². The smallest absolute Gasteiger partial charge is 0.0127 e. The third-order valence-corrected chi connectivity index (χ3v) is 2.35. The summed E-state index contributed by atoms with van der Waals surface area (Å²) in [5.41, 5.74) is 2.95. The lowest BCUT2D eigenvalue weighted by Crippen LogP contribution is -2.11. The summed E-state index contributed by atoms with van der Waals surface area (Å²) >= 11 is 0. The molecule has 0 saturated carbocycles. The van der Waals surface area contributed by atoms with Gasteiger partial charge < -0.3 is 0 Å². The van der Waals surface area contributed by atoms with Gasteiger partial charge in [0.15, 0.2) is 0 Å². The second kappa shape index (κ2) is 4.33. The highest BCUT2D eigenvalue weighted by molar-refractivity contribution is 5.28. The van der Waals surface area contributed by atoms with Crippen molar-refractivity contribution < 1.29 is 0 Å². The van der Waals surface area contributed by atoms with Gasteiger partial charge in [-0.2, -0.15) is 0 Å². The number of terminal acetylenes is 1. The van der Waals surface area contributed by atoms with E-state index in [0.29, 0.717) is 0 Å². The van der Waals surface area contributed by atoms with Crippen LogP contribution in [-0.4, -0.2) is 0 Å². The van der Waals surface area contributed by atoms with Crippen molar-refractivity contribution in [2.24, 2.45) is 0 Å². The van der Waals surface area contributed by atoms with Crippen molar-refractivity contribution in [1.29, 1.82) is 0 Å². The highest BCUT2D eigenvalue weighted by Crippen LogP contribution is 2.23. The van der Waals surface area contributed by atoms with Gasteiger partial charge in [-0.05, 0) is 23.0 Å². The molecule has 0 aliphatic rings. The lowest BCUT2D eigenvalue weighted by molar-refractivity contribution is 0.589. The van der Waals surface area contributed by atoms with Crippen LogP contribution in [0.2, 0.25) is 0 Å². The van der Waals surface area contributed by atoms with Gasteiger partial charge in [-0.1, -0.05) is 45.0 Å². The fourth-order valence-electron chi connectivity index (χ4n) is 1.41. The molecule has 0 N–H and O–H groups in total. The van der Waals surface area contributed by atoms with Gasteiger partial charge in [-0.15, -0.1) is 12.3 Å². The van der Waals surface area contributed by atoms with Crippen molar-refractivity contribution in [1.82, 2.24) is 0 Å². The molecule has 0 amide bonds. The number of aryl methyl sites for hydroxylation is 1. The minimum absolute atomic E-state index is 0.228. The largest absolute Gasteiger partial charge is 0.120 e. The molecule has 74 valence electrons. The van der Waals surface area contributed by atoms with Gasteiger partial charge in [-0.25, -0.2) is 0 Å². The number of hydrogen-bond donors (Lipinski definition) is 0. The fraction of sp³-hybridized carbons (Fsp3) is 0.429. The molecule has 1 aromatic carbocycles. The van der Waals surface area contributed by atoms with Gasteiger partial charge in [0, 0.05) is 6.42 Å². The van der Waals surface area contributed by atoms with E-state index < -0.39 is 0 Å². The van der Waals surface area contributed by atoms with Gasteiger partial charge in [0.2, 0.25) is 0 Å². The Labute approximate surface area is 87.4 Å². The van der Waals surface area contributed by atoms with Gasteiger partial charge in [0.05, 0.1) is 0 Å². The van der Waals surface area contributed by atoms with Crippen LogP contribution in [0.25, 0.3) is 0 Å². The predicted octanol–water partition coefficient (Wildman–Crippen LogP) is 3.55. The molecule has 0 atom stereocenters. The standard InChI is InChI=1S/C14H18/c1-5-6-8-12-9-7-10-13(11-12)14(2,3)4/h1,7,9-11H,6,8H2,2-4H3. The maximum absolute atomic E-state index is 5.25. The molecule has 0 saturated heterocycles. The molecule has 0 aliphatic heterocycles. The molecule has 0 aliphatic carbocycles. The van der Waals surface area contributed by atoms with E-state index in [1.54, 1.807) is 0 Å². The van der Waals surface area contributed by atoms with Gasteiger partial charge >= 0.3 is 0 Å². The van der Waals surface area contributed by atoms with E-state index >= 15 is 0 Å². The van der Waals surface area contributed by atoms with E-state index in [1.807, 2.05) is 0 Å². The molecule has 0 fully saturated rings. The van der Waals surface area contributed by atoms with E-state index in [4.69, 9.17) is 6.42 Å². The SMILES string of the molecule is C#CCCc1cccc(C(C)(C)C)c1. The van der Waals surface area contributed by atoms with Crippen molar-refractivity contribution in [3.05, 3.63) is 35.4 Å². The second-order valence-electron chi connectivity index (χ2n) is 4.65. The van der Waals surface area contributed by atoms with E-state index in [9.17, 15) is 0 Å². The molecule has 0 radical (unpaired) electrons. The van der Waals surface area contributed by atoms with E-state index in [1.165, 1.54) is 11.1 Å². The van der Waals surface area contributed by atoms with Crippen LogP contribution >= 0.6 is 0 Å². The highest BCUT2D eigenvalue weighted by atomic mass is 14.2. The van der Waals surface area contributed by atoms with Crippen LogP contribution in [-0.2, 0) is 11.8 Å². The number of benzene rings is 1. The average Bonchev–Trinajstić information content (AvgIpc) is 2.14. The minimum Gasteiger partial charge on any atom is -0.120 e. The molecule has 1 aromatic rings. The Morgan fingerprint density at radius 3 is 2.57 bits per heavy atom. The third-order valence-electron chi connectivity index (χ3n) is 2.35. The van der Waals surface area contributed by atoms with Crippen LogP contribution in [0.15, 0.2) is 24.3 Å². The first kappa shape index (κ1) is 10.9. The number of rotatable bonds is 2. The minimum atomic E-state index is 0.228. The zero-order valence-electron chi connectivity index (χ0n) is 9.30. The monoisotopic (exact) mass is 186 g/mol. The predicted molar refractivity (Wildman–Crippen MR) is 62.3 cm³/mol. The Kier molecular flexibility index (Phi) is 3.36. The molecule has 0 nitrogen and oxygen atoms in total. The van der Waals surface area contributed by atoms with Crippen LogP contribution < -0.4 is 0 Å². The normalized spacial score (nSPS) is 11.0. The van der Waals surface area contributed by atoms with Crippen LogP contribution in [0.1, 0.15) is 38.3 Å². The van der Waals surface area contributed by atoms with E-state index in [-0.39, 0.29) is 5.41 Å². The maximum atomic E-state index is 5.25. The quantitative estimate of drug-likeness (QED) is 0.620. The van der Waals surface area contributed by atoms with Crippen molar-refractivity contribution in [3.63, 3.8) is 0 Å². The molecule has 0 bridgehead atoms. The lowest BCUT2D eigenvalue weighted by atomic mass is 9.86. The first-order valence-corrected chi connectivity index (χ1v) is 5.07. The highest BCUT2D eigenvalue weighted by Gasteiger charge is 2.13. The van der Waals surface area contributed by atoms with Crippen molar-refractivity contribution >= 4 is 0 Å². The zero-order valence-corrected chi connectivity index (χ0v) is 9.30. The Hall–Kier alpha value is -1.22. The average molecular weight is 186 g/mol. The molecule has 0 heteroatoms. The van der Waals surface area contributed by atoms with E-state index in [0.717, 1.165) is 12.8 Å². The summed E-state index contributed by atoms with van der Waals surface area (Å²) in [5, 5.41) is 0. The second-order valence-corrected chi connectivity index (χ2v) is 4.65. The zero-order chi connectivity index (χ0) is 10.6. The molecular weight excluding hydrogens is 168 g/mol. The maximum Gasteiger partial charge on any atom is 0.0127 e. The Balaban J connectivity index is 2.86. The first-order chi connectivity index (χ1) is 6.54. The van der Waals surface area contributed by atoms with Crippen LogP contribution in [0.4, 0.5) is 0 Å². The van der Waals surface area contributed by atoms with Crippen molar-refractivity contribution in [2.75, 3.05) is 0 Å². The summed E-state index contributed by atoms with van der Waals surface area (Å²) in [6.45, 7) is 6.69. The van der Waals surface area contributed by atoms with Crippen LogP contribution in [0.5, 0.6) is 0 Å². The Morgan fingerprint density at radius 2 is 2.00 bits per heavy atom. The Morgan fingerprint density at radius 1 is 1.29 bits per heavy atom. The molecular formula is C14H18. The molecule has 0 spiro atoms. The summed E-state index contributed by atoms with van der Waals surface area (Å²) in [7, 11) is 0. The van der Waals surface area contributed by atoms with Crippen LogP contribution in [0.3, 0.4) is 0 Å². The summed E-state index contributed by atoms with van der Waals surface area (Å²) in [5.74, 6) is 2.67. The van der Waals surface area contributed by atoms with Gasteiger partial charge in [0.1, 0.15) is 0 Å². The molecule has 14 heavy (non-hydrogen) atoms. The fourth-order valence-corrected chi connectivity index (χ4v) is 1.41. The summed E-state index contributed by atoms with van der Waals surface area (Å²) in [6.07, 6.45) is 7.06. The molecule has 0 aromatic heterocycles.